The number of piperidine rings is 1. The average molecular weight is 451 g/mol. The number of amides is 1. The van der Waals surface area contributed by atoms with Gasteiger partial charge in [-0.15, -0.1) is 0 Å². The molecule has 1 saturated heterocycles. The van der Waals surface area contributed by atoms with Crippen LogP contribution in [0.3, 0.4) is 0 Å². The molecule has 0 spiro atoms. The van der Waals surface area contributed by atoms with Crippen LogP contribution in [-0.4, -0.2) is 46.4 Å². The Morgan fingerprint density at radius 3 is 2.23 bits per heavy atom. The first-order valence-corrected chi connectivity index (χ1v) is 13.3. The van der Waals surface area contributed by atoms with E-state index in [0.29, 0.717) is 29.8 Å². The smallest absolute Gasteiger partial charge is 0.251 e. The Morgan fingerprint density at radius 1 is 0.933 bits per heavy atom. The van der Waals surface area contributed by atoms with Crippen LogP contribution in [0.2, 0.25) is 0 Å². The summed E-state index contributed by atoms with van der Waals surface area (Å²) < 4.78 is 49.9. The molecule has 0 radical (unpaired) electrons. The highest BCUT2D eigenvalue weighted by atomic mass is 32.2. The minimum Gasteiger partial charge on any atom is -0.348 e. The van der Waals surface area contributed by atoms with Gasteiger partial charge >= 0.3 is 0 Å². The van der Waals surface area contributed by atoms with Gasteiger partial charge in [0.1, 0.15) is 0 Å². The van der Waals surface area contributed by atoms with E-state index in [-0.39, 0.29) is 23.1 Å². The number of hydrogen-bond acceptors (Lipinski definition) is 5. The van der Waals surface area contributed by atoms with E-state index in [9.17, 15) is 21.6 Å². The third-order valence-electron chi connectivity index (χ3n) is 4.95. The average Bonchev–Trinajstić information content (AvgIpc) is 2.72. The zero-order chi connectivity index (χ0) is 21.8. The Balaban J connectivity index is 1.64. The van der Waals surface area contributed by atoms with Gasteiger partial charge < -0.3 is 5.32 Å². The second kappa shape index (κ2) is 9.28. The Morgan fingerprint density at radius 2 is 1.60 bits per heavy atom. The lowest BCUT2D eigenvalue weighted by molar-refractivity contribution is 0.0951. The van der Waals surface area contributed by atoms with E-state index in [1.165, 1.54) is 4.31 Å². The molecule has 0 aliphatic carbocycles. The van der Waals surface area contributed by atoms with Crippen LogP contribution in [0.4, 0.5) is 0 Å². The Hall–Kier alpha value is -2.23. The van der Waals surface area contributed by atoms with Crippen LogP contribution in [0.1, 0.15) is 40.7 Å². The first-order valence-electron chi connectivity index (χ1n) is 9.79. The van der Waals surface area contributed by atoms with Crippen molar-refractivity contribution in [2.24, 2.45) is 0 Å². The van der Waals surface area contributed by atoms with Crippen molar-refractivity contribution in [3.05, 3.63) is 65.2 Å². The van der Waals surface area contributed by atoms with Gasteiger partial charge in [0.25, 0.3) is 5.91 Å². The summed E-state index contributed by atoms with van der Waals surface area (Å²) >= 11 is 0. The number of nitrogens with one attached hydrogen (secondary N) is 1. The molecule has 1 fully saturated rings. The van der Waals surface area contributed by atoms with Crippen molar-refractivity contribution in [1.82, 2.24) is 9.62 Å². The highest BCUT2D eigenvalue weighted by Crippen LogP contribution is 2.21. The van der Waals surface area contributed by atoms with Crippen LogP contribution in [0.5, 0.6) is 0 Å². The van der Waals surface area contributed by atoms with Crippen molar-refractivity contribution in [2.45, 2.75) is 36.5 Å². The summed E-state index contributed by atoms with van der Waals surface area (Å²) in [5.41, 5.74) is 1.71. The summed E-state index contributed by atoms with van der Waals surface area (Å²) in [7, 11) is -6.66. The number of benzene rings is 2. The zero-order valence-electron chi connectivity index (χ0n) is 16.9. The molecule has 0 saturated carbocycles. The third kappa shape index (κ3) is 5.90. The highest BCUT2D eigenvalue weighted by Gasteiger charge is 2.25. The van der Waals surface area contributed by atoms with Gasteiger partial charge in [0.2, 0.25) is 10.0 Å². The molecule has 0 unspecified atom stereocenters. The topological polar surface area (TPSA) is 101 Å². The van der Waals surface area contributed by atoms with Crippen LogP contribution in [-0.2, 0) is 32.2 Å². The molecular weight excluding hydrogens is 424 g/mol. The van der Waals surface area contributed by atoms with Crippen molar-refractivity contribution in [3.63, 3.8) is 0 Å². The van der Waals surface area contributed by atoms with E-state index in [0.717, 1.165) is 25.5 Å². The summed E-state index contributed by atoms with van der Waals surface area (Å²) in [6.45, 7) is 1.27. The lowest BCUT2D eigenvalue weighted by atomic mass is 10.1. The number of hydrogen-bond donors (Lipinski definition) is 1. The molecule has 1 amide bonds. The maximum absolute atomic E-state index is 12.8. The van der Waals surface area contributed by atoms with Gasteiger partial charge in [-0.05, 0) is 48.2 Å². The fourth-order valence-corrected chi connectivity index (χ4v) is 5.80. The van der Waals surface area contributed by atoms with Crippen molar-refractivity contribution in [1.29, 1.82) is 0 Å². The third-order valence-corrected chi connectivity index (χ3v) is 7.70. The van der Waals surface area contributed by atoms with E-state index in [1.807, 2.05) is 0 Å². The Bertz CT molecular complexity index is 1100. The summed E-state index contributed by atoms with van der Waals surface area (Å²) in [5.74, 6) is -0.391. The first-order chi connectivity index (χ1) is 14.1. The summed E-state index contributed by atoms with van der Waals surface area (Å²) in [6.07, 6.45) is 3.95. The molecule has 1 N–H and O–H groups in total. The number of sulfonamides is 1. The second-order valence-corrected chi connectivity index (χ2v) is 11.6. The van der Waals surface area contributed by atoms with Crippen molar-refractivity contribution < 1.29 is 21.6 Å². The van der Waals surface area contributed by atoms with Crippen LogP contribution < -0.4 is 5.32 Å². The number of carbonyl (C=O) groups is 1. The maximum Gasteiger partial charge on any atom is 0.251 e. The largest absolute Gasteiger partial charge is 0.348 e. The Labute approximate surface area is 178 Å². The van der Waals surface area contributed by atoms with Gasteiger partial charge in [-0.2, -0.15) is 4.31 Å². The quantitative estimate of drug-likeness (QED) is 0.698. The molecule has 1 aliphatic rings. The molecule has 7 nitrogen and oxygen atoms in total. The molecule has 0 bridgehead atoms. The van der Waals surface area contributed by atoms with E-state index in [4.69, 9.17) is 0 Å². The van der Waals surface area contributed by atoms with E-state index in [2.05, 4.69) is 5.32 Å². The van der Waals surface area contributed by atoms with E-state index >= 15 is 0 Å². The molecule has 3 rings (SSSR count). The normalized spacial score (nSPS) is 15.6. The first kappa shape index (κ1) is 22.5. The lowest BCUT2D eigenvalue weighted by Gasteiger charge is -2.26. The molecule has 9 heteroatoms. The Kier molecular flexibility index (Phi) is 6.95. The van der Waals surface area contributed by atoms with Crippen LogP contribution >= 0.6 is 0 Å². The van der Waals surface area contributed by atoms with Crippen molar-refractivity contribution in [2.75, 3.05) is 19.3 Å². The van der Waals surface area contributed by atoms with Gasteiger partial charge in [-0.3, -0.25) is 4.79 Å². The van der Waals surface area contributed by atoms with Crippen molar-refractivity contribution in [3.8, 4) is 0 Å². The summed E-state index contributed by atoms with van der Waals surface area (Å²) in [5, 5.41) is 2.78. The number of carbonyl (C=O) groups excluding carboxylic acids is 1. The van der Waals surface area contributed by atoms with Crippen LogP contribution in [0.25, 0.3) is 0 Å². The molecular formula is C21H26N2O5S2. The summed E-state index contributed by atoms with van der Waals surface area (Å²) in [6, 6.07) is 13.0. The molecule has 1 aliphatic heterocycles. The molecule has 0 atom stereocenters. The van der Waals surface area contributed by atoms with E-state index in [1.54, 1.807) is 48.5 Å². The fraction of sp³-hybridized carbons (Fsp3) is 0.381. The minimum atomic E-state index is -3.52. The van der Waals surface area contributed by atoms with Gasteiger partial charge in [-0.25, -0.2) is 16.8 Å². The standard InChI is InChI=1S/C21H26N2O5S2/c1-29(25,26)16-17-8-10-19(11-9-17)21(24)22-15-18-6-5-7-20(14-18)30(27,28)23-12-3-2-4-13-23/h5-11,14H,2-4,12-13,15-16H2,1H3,(H,22,24). The monoisotopic (exact) mass is 450 g/mol. The zero-order valence-corrected chi connectivity index (χ0v) is 18.5. The molecule has 0 aromatic heterocycles. The summed E-state index contributed by atoms with van der Waals surface area (Å²) in [4.78, 5) is 12.6. The van der Waals surface area contributed by atoms with E-state index < -0.39 is 19.9 Å². The van der Waals surface area contributed by atoms with Crippen LogP contribution in [0, 0.1) is 0 Å². The fourth-order valence-electron chi connectivity index (χ4n) is 3.41. The molecule has 162 valence electrons. The predicted molar refractivity (Wildman–Crippen MR) is 115 cm³/mol. The van der Waals surface area contributed by atoms with Crippen LogP contribution in [0.15, 0.2) is 53.4 Å². The number of rotatable bonds is 7. The van der Waals surface area contributed by atoms with Gasteiger partial charge in [0, 0.05) is 31.5 Å². The number of nitrogens with zero attached hydrogens (tertiary/aromatic N) is 1. The molecule has 2 aromatic carbocycles. The van der Waals surface area contributed by atoms with Gasteiger partial charge in [-0.1, -0.05) is 30.7 Å². The second-order valence-electron chi connectivity index (χ2n) is 7.56. The highest BCUT2D eigenvalue weighted by molar-refractivity contribution is 7.90. The maximum atomic E-state index is 12.8. The molecule has 1 heterocycles. The lowest BCUT2D eigenvalue weighted by Crippen LogP contribution is -2.35. The van der Waals surface area contributed by atoms with Crippen molar-refractivity contribution >= 4 is 25.8 Å². The SMILES string of the molecule is CS(=O)(=O)Cc1ccc(C(=O)NCc2cccc(S(=O)(=O)N3CCCCC3)c2)cc1. The minimum absolute atomic E-state index is 0.0762. The predicted octanol–water partition coefficient (Wildman–Crippen LogP) is 2.34. The van der Waals surface area contributed by atoms with Gasteiger partial charge in [0.05, 0.1) is 10.6 Å². The number of sulfone groups is 1. The van der Waals surface area contributed by atoms with Gasteiger partial charge in [0.15, 0.2) is 9.84 Å². The molecule has 2 aromatic rings. The molecule has 30 heavy (non-hydrogen) atoms.